The number of hydrogen-bond acceptors (Lipinski definition) is 7. The third kappa shape index (κ3) is 2.14. The predicted molar refractivity (Wildman–Crippen MR) is 60.3 cm³/mol. The molecule has 2 aromatic heterocycles. The number of nitrogens with two attached hydrogens (primary N) is 1. The Kier molecular flexibility index (Phi) is 2.96. The van der Waals surface area contributed by atoms with Crippen LogP contribution in [-0.4, -0.2) is 36.0 Å². The number of carbonyl (C=O) groups is 1. The summed E-state index contributed by atoms with van der Waals surface area (Å²) in [5.74, 6) is -0.244. The van der Waals surface area contributed by atoms with Crippen LogP contribution in [0.15, 0.2) is 0 Å². The molecule has 0 aliphatic heterocycles. The summed E-state index contributed by atoms with van der Waals surface area (Å²) in [6.07, 6.45) is 0. The lowest BCUT2D eigenvalue weighted by atomic mass is 10.3. The molecule has 0 unspecified atom stereocenters. The van der Waals surface area contributed by atoms with Gasteiger partial charge in [-0.2, -0.15) is 9.90 Å². The summed E-state index contributed by atoms with van der Waals surface area (Å²) >= 11 is 0. The molecule has 0 saturated carbocycles. The minimum Gasteiger partial charge on any atom is -0.453 e. The van der Waals surface area contributed by atoms with E-state index in [0.29, 0.717) is 17.2 Å². The number of esters is 1. The average Bonchev–Trinajstić information content (AvgIpc) is 2.82. The molecule has 2 aromatic rings. The van der Waals surface area contributed by atoms with Gasteiger partial charge in [0.2, 0.25) is 5.82 Å². The van der Waals surface area contributed by atoms with Gasteiger partial charge in [-0.1, -0.05) is 0 Å². The Bertz CT molecular complexity index is 586. The zero-order valence-corrected chi connectivity index (χ0v) is 10.3. The molecule has 0 amide bonds. The van der Waals surface area contributed by atoms with Crippen LogP contribution in [0, 0.1) is 6.92 Å². The van der Waals surface area contributed by atoms with Crippen LogP contribution in [0.5, 0.6) is 0 Å². The van der Waals surface area contributed by atoms with E-state index in [1.54, 1.807) is 21.0 Å². The van der Waals surface area contributed by atoms with E-state index in [2.05, 4.69) is 20.5 Å². The van der Waals surface area contributed by atoms with Crippen molar-refractivity contribution in [3.05, 3.63) is 17.2 Å². The Morgan fingerprint density at radius 2 is 2.11 bits per heavy atom. The molecule has 0 aromatic carbocycles. The first-order chi connectivity index (χ1) is 8.49. The summed E-state index contributed by atoms with van der Waals surface area (Å²) in [5, 5.41) is 15.3. The maximum Gasteiger partial charge on any atom is 0.359 e. The van der Waals surface area contributed by atoms with Crippen molar-refractivity contribution in [3.63, 3.8) is 0 Å². The van der Waals surface area contributed by atoms with Gasteiger partial charge in [-0.15, -0.1) is 10.2 Å². The smallest absolute Gasteiger partial charge is 0.359 e. The van der Waals surface area contributed by atoms with Crippen LogP contribution in [0.3, 0.4) is 0 Å². The molecule has 0 fully saturated rings. The highest BCUT2D eigenvalue weighted by molar-refractivity contribution is 5.93. The molecule has 2 N–H and O–H groups in total. The summed E-state index contributed by atoms with van der Waals surface area (Å²) in [5.41, 5.74) is 6.86. The van der Waals surface area contributed by atoms with Crippen molar-refractivity contribution in [2.24, 2.45) is 14.1 Å². The zero-order valence-electron chi connectivity index (χ0n) is 10.3. The van der Waals surface area contributed by atoms with Crippen LogP contribution >= 0.6 is 0 Å². The second kappa shape index (κ2) is 4.43. The second-order valence-corrected chi connectivity index (χ2v) is 3.74. The number of nitrogens with zero attached hydrogens (tertiary/aromatic N) is 6. The molecule has 0 bridgehead atoms. The normalized spacial score (nSPS) is 10.6. The van der Waals surface area contributed by atoms with E-state index in [1.807, 2.05) is 0 Å². The van der Waals surface area contributed by atoms with Gasteiger partial charge in [0.15, 0.2) is 12.3 Å². The Balaban J connectivity index is 2.08. The third-order valence-corrected chi connectivity index (χ3v) is 2.34. The second-order valence-electron chi connectivity index (χ2n) is 3.74. The van der Waals surface area contributed by atoms with E-state index in [0.717, 1.165) is 0 Å². The summed E-state index contributed by atoms with van der Waals surface area (Å²) in [7, 11) is 3.25. The molecule has 9 heteroatoms. The Morgan fingerprint density at radius 3 is 2.61 bits per heavy atom. The van der Waals surface area contributed by atoms with Gasteiger partial charge >= 0.3 is 5.97 Å². The van der Waals surface area contributed by atoms with E-state index in [-0.39, 0.29) is 12.3 Å². The van der Waals surface area contributed by atoms with Gasteiger partial charge in [0.25, 0.3) is 0 Å². The lowest BCUT2D eigenvalue weighted by molar-refractivity contribution is 0.0450. The molecular formula is C9H13N7O2. The lowest BCUT2D eigenvalue weighted by Gasteiger charge is -2.03. The summed E-state index contributed by atoms with van der Waals surface area (Å²) < 4.78 is 6.43. The van der Waals surface area contributed by atoms with Crippen molar-refractivity contribution in [1.82, 2.24) is 30.0 Å². The van der Waals surface area contributed by atoms with Crippen LogP contribution in [0.1, 0.15) is 22.0 Å². The molecule has 0 saturated heterocycles. The van der Waals surface area contributed by atoms with E-state index < -0.39 is 5.97 Å². The van der Waals surface area contributed by atoms with Crippen molar-refractivity contribution in [2.45, 2.75) is 13.5 Å². The van der Waals surface area contributed by atoms with E-state index in [1.165, 1.54) is 9.48 Å². The monoisotopic (exact) mass is 251 g/mol. The van der Waals surface area contributed by atoms with Crippen molar-refractivity contribution >= 4 is 11.7 Å². The fraction of sp³-hybridized carbons (Fsp3) is 0.444. The average molecular weight is 251 g/mol. The van der Waals surface area contributed by atoms with Gasteiger partial charge in [-0.25, -0.2) is 4.79 Å². The Morgan fingerprint density at radius 1 is 1.39 bits per heavy atom. The van der Waals surface area contributed by atoms with E-state index in [9.17, 15) is 4.79 Å². The van der Waals surface area contributed by atoms with Crippen LogP contribution < -0.4 is 5.73 Å². The first-order valence-corrected chi connectivity index (χ1v) is 5.18. The van der Waals surface area contributed by atoms with Crippen molar-refractivity contribution in [1.29, 1.82) is 0 Å². The first kappa shape index (κ1) is 12.0. The molecule has 0 spiro atoms. The molecule has 0 aliphatic rings. The third-order valence-electron chi connectivity index (χ3n) is 2.34. The molecule has 96 valence electrons. The standard InChI is InChI=1S/C9H13N7O2/c1-5-7(10)8(15(2)12-5)9(17)18-4-6-11-14-16(3)13-6/h4,10H2,1-3H3. The first-order valence-electron chi connectivity index (χ1n) is 5.18. The van der Waals surface area contributed by atoms with Gasteiger partial charge in [-0.3, -0.25) is 4.68 Å². The van der Waals surface area contributed by atoms with Gasteiger partial charge in [0, 0.05) is 7.05 Å². The van der Waals surface area contributed by atoms with Crippen molar-refractivity contribution in [2.75, 3.05) is 5.73 Å². The van der Waals surface area contributed by atoms with E-state index >= 15 is 0 Å². The number of aromatic nitrogens is 6. The van der Waals surface area contributed by atoms with Gasteiger partial charge < -0.3 is 10.5 Å². The summed E-state index contributed by atoms with van der Waals surface area (Å²) in [6, 6.07) is 0. The molecule has 2 rings (SSSR count). The van der Waals surface area contributed by atoms with Crippen LogP contribution in [0.2, 0.25) is 0 Å². The number of tetrazole rings is 1. The fourth-order valence-electron chi connectivity index (χ4n) is 1.50. The van der Waals surface area contributed by atoms with Gasteiger partial charge in [-0.05, 0) is 12.1 Å². The minimum atomic E-state index is -0.567. The Hall–Kier alpha value is -2.45. The molecule has 2 heterocycles. The topological polar surface area (TPSA) is 114 Å². The van der Waals surface area contributed by atoms with Crippen molar-refractivity contribution < 1.29 is 9.53 Å². The Labute approximate surface area is 103 Å². The zero-order chi connectivity index (χ0) is 13.3. The fourth-order valence-corrected chi connectivity index (χ4v) is 1.50. The lowest BCUT2D eigenvalue weighted by Crippen LogP contribution is -2.13. The molecule has 0 atom stereocenters. The molecule has 9 nitrogen and oxygen atoms in total. The highest BCUT2D eigenvalue weighted by atomic mass is 16.5. The quantitative estimate of drug-likeness (QED) is 0.709. The number of carbonyl (C=O) groups excluding carboxylic acids is 1. The number of ether oxygens (including phenoxy) is 1. The molecule has 0 aliphatic carbocycles. The number of hydrogen-bond donors (Lipinski definition) is 1. The number of anilines is 1. The highest BCUT2D eigenvalue weighted by Gasteiger charge is 2.19. The highest BCUT2D eigenvalue weighted by Crippen LogP contribution is 2.16. The predicted octanol–water partition coefficient (Wildman–Crippen LogP) is -0.809. The van der Waals surface area contributed by atoms with Crippen LogP contribution in [-0.2, 0) is 25.4 Å². The summed E-state index contributed by atoms with van der Waals surface area (Å²) in [6.45, 7) is 1.66. The van der Waals surface area contributed by atoms with Crippen LogP contribution in [0.4, 0.5) is 5.69 Å². The number of rotatable bonds is 3. The largest absolute Gasteiger partial charge is 0.453 e. The molecular weight excluding hydrogens is 238 g/mol. The van der Waals surface area contributed by atoms with Gasteiger partial charge in [0.1, 0.15) is 0 Å². The SMILES string of the molecule is Cc1nn(C)c(C(=O)OCc2nnn(C)n2)c1N. The molecule has 0 radical (unpaired) electrons. The maximum atomic E-state index is 11.8. The van der Waals surface area contributed by atoms with Gasteiger partial charge in [0.05, 0.1) is 18.4 Å². The van der Waals surface area contributed by atoms with Crippen LogP contribution in [0.25, 0.3) is 0 Å². The maximum absolute atomic E-state index is 11.8. The molecule has 18 heavy (non-hydrogen) atoms. The van der Waals surface area contributed by atoms with Crippen molar-refractivity contribution in [3.8, 4) is 0 Å². The number of nitrogen functional groups attached to an aromatic ring is 1. The van der Waals surface area contributed by atoms with E-state index in [4.69, 9.17) is 10.5 Å². The number of aryl methyl sites for hydroxylation is 3. The minimum absolute atomic E-state index is 0.0592. The summed E-state index contributed by atoms with van der Waals surface area (Å²) in [4.78, 5) is 13.1.